The zero-order chi connectivity index (χ0) is 45.5. The Balaban J connectivity index is 2.53. The van der Waals surface area contributed by atoms with Crippen LogP contribution in [0.2, 0.25) is 0 Å². The fourth-order valence-corrected chi connectivity index (χ4v) is 6.76. The van der Waals surface area contributed by atoms with Crippen molar-refractivity contribution in [1.82, 2.24) is 0 Å². The van der Waals surface area contributed by atoms with Crippen LogP contribution in [0.15, 0.2) is 97.2 Å². The van der Waals surface area contributed by atoms with E-state index in [0.29, 0.717) is 19.3 Å². The van der Waals surface area contributed by atoms with Crippen molar-refractivity contribution in [2.75, 3.05) is 19.0 Å². The molecule has 0 aliphatic carbocycles. The number of carbonyl (C=O) groups excluding carboxylic acids is 2. The lowest BCUT2D eigenvalue weighted by Gasteiger charge is -2.40. The molecule has 0 aromatic heterocycles. The Bertz CT molecular complexity index is 1510. The number of hydrogen-bond donors (Lipinski definition) is 4. The predicted molar refractivity (Wildman–Crippen MR) is 247 cm³/mol. The van der Waals surface area contributed by atoms with E-state index in [1.807, 2.05) is 12.2 Å². The van der Waals surface area contributed by atoms with E-state index in [4.69, 9.17) is 18.9 Å². The van der Waals surface area contributed by atoms with E-state index in [0.717, 1.165) is 70.6 Å². The Labute approximate surface area is 373 Å². The molecule has 352 valence electrons. The second-order valence-electron chi connectivity index (χ2n) is 15.4. The van der Waals surface area contributed by atoms with Gasteiger partial charge in [-0.1, -0.05) is 137 Å². The van der Waals surface area contributed by atoms with Crippen LogP contribution in [0.5, 0.6) is 0 Å². The molecular formula is C49H78O12S. The molecule has 1 heterocycles. The molecule has 0 spiro atoms. The molecule has 1 aliphatic rings. The first-order valence-corrected chi connectivity index (χ1v) is 24.4. The van der Waals surface area contributed by atoms with Crippen molar-refractivity contribution in [3.8, 4) is 0 Å². The molecule has 0 amide bonds. The van der Waals surface area contributed by atoms with Crippen molar-refractivity contribution in [2.45, 2.75) is 179 Å². The third kappa shape index (κ3) is 32.3. The van der Waals surface area contributed by atoms with Gasteiger partial charge in [0, 0.05) is 12.8 Å². The summed E-state index contributed by atoms with van der Waals surface area (Å²) in [5.74, 6) is -2.11. The Hall–Kier alpha value is -3.43. The highest BCUT2D eigenvalue weighted by molar-refractivity contribution is 7.85. The largest absolute Gasteiger partial charge is 0.462 e. The fraction of sp³-hybridized carbons (Fsp3) is 0.633. The lowest BCUT2D eigenvalue weighted by molar-refractivity contribution is -0.297. The van der Waals surface area contributed by atoms with Crippen molar-refractivity contribution >= 4 is 22.1 Å². The number of carbonyl (C=O) groups is 2. The van der Waals surface area contributed by atoms with E-state index in [9.17, 15) is 37.9 Å². The van der Waals surface area contributed by atoms with Gasteiger partial charge in [-0.2, -0.15) is 8.42 Å². The zero-order valence-electron chi connectivity index (χ0n) is 37.4. The predicted octanol–water partition coefficient (Wildman–Crippen LogP) is 9.44. The van der Waals surface area contributed by atoms with Crippen molar-refractivity contribution < 1.29 is 56.8 Å². The van der Waals surface area contributed by atoms with Gasteiger partial charge in [0.2, 0.25) is 0 Å². The summed E-state index contributed by atoms with van der Waals surface area (Å²) >= 11 is 0. The average molecular weight is 891 g/mol. The van der Waals surface area contributed by atoms with E-state index in [2.05, 4.69) is 98.9 Å². The van der Waals surface area contributed by atoms with E-state index in [-0.39, 0.29) is 19.4 Å². The third-order valence-corrected chi connectivity index (χ3v) is 10.4. The Morgan fingerprint density at radius 1 is 0.548 bits per heavy atom. The van der Waals surface area contributed by atoms with Crippen LogP contribution in [0, 0.1) is 0 Å². The molecule has 1 saturated heterocycles. The van der Waals surface area contributed by atoms with Gasteiger partial charge in [-0.3, -0.25) is 14.1 Å². The molecule has 0 saturated carbocycles. The van der Waals surface area contributed by atoms with Crippen LogP contribution in [0.1, 0.15) is 142 Å². The number of rotatable bonds is 36. The summed E-state index contributed by atoms with van der Waals surface area (Å²) in [4.78, 5) is 25.4. The van der Waals surface area contributed by atoms with Crippen molar-refractivity contribution in [1.29, 1.82) is 0 Å². The number of hydrogen-bond acceptors (Lipinski definition) is 11. The summed E-state index contributed by atoms with van der Waals surface area (Å²) in [5.41, 5.74) is 0. The highest BCUT2D eigenvalue weighted by Gasteiger charge is 2.46. The van der Waals surface area contributed by atoms with Crippen molar-refractivity contribution in [3.63, 3.8) is 0 Å². The van der Waals surface area contributed by atoms with Gasteiger partial charge in [0.25, 0.3) is 10.1 Å². The fourth-order valence-electron chi connectivity index (χ4n) is 6.07. The summed E-state index contributed by atoms with van der Waals surface area (Å²) in [5, 5.41) is 30.9. The minimum atomic E-state index is -4.62. The lowest BCUT2D eigenvalue weighted by atomic mass is 10.00. The average Bonchev–Trinajstić information content (AvgIpc) is 3.24. The van der Waals surface area contributed by atoms with Crippen LogP contribution in [0.25, 0.3) is 0 Å². The van der Waals surface area contributed by atoms with Gasteiger partial charge in [-0.05, 0) is 89.9 Å². The molecule has 62 heavy (non-hydrogen) atoms. The van der Waals surface area contributed by atoms with Crippen molar-refractivity contribution in [3.05, 3.63) is 97.2 Å². The number of esters is 2. The smallest absolute Gasteiger partial charge is 0.306 e. The van der Waals surface area contributed by atoms with Crippen LogP contribution in [0.3, 0.4) is 0 Å². The second-order valence-corrected chi connectivity index (χ2v) is 16.9. The molecule has 0 bridgehead atoms. The Morgan fingerprint density at radius 3 is 1.52 bits per heavy atom. The maximum Gasteiger partial charge on any atom is 0.306 e. The standard InChI is InChI=1S/C49H78O12S/c1-3-5-7-9-11-13-15-17-19-21-23-25-27-29-31-33-35-37-44(50)58-39-42(40-59-49-48(54)47(53)46(52)43(61-49)41-62(55,56)57)60-45(51)38-36-34-32-30-28-26-24-22-20-18-16-14-12-10-8-6-4-2/h7,9,12-15,18-21,24-27,30,32,42-43,46-49,52-54H,3-6,8,10-11,16-17,22-23,28-29,31,33-41H2,1-2H3,(H,55,56,57)/b9-7+,14-12+,15-13+,20-18+,21-19+,26-24+,27-25+,32-30+/t42-,43-,46-,47?,48?,49+/m1/s1. The van der Waals surface area contributed by atoms with Gasteiger partial charge in [0.05, 0.1) is 6.61 Å². The Kier molecular flexibility index (Phi) is 34.7. The van der Waals surface area contributed by atoms with Crippen LogP contribution >= 0.6 is 0 Å². The minimum Gasteiger partial charge on any atom is -0.462 e. The minimum absolute atomic E-state index is 0.0751. The Morgan fingerprint density at radius 2 is 1.02 bits per heavy atom. The maximum atomic E-state index is 12.8. The summed E-state index contributed by atoms with van der Waals surface area (Å²) < 4.78 is 54.0. The molecule has 1 rings (SSSR count). The van der Waals surface area contributed by atoms with Crippen LogP contribution in [-0.2, 0) is 38.7 Å². The first-order chi connectivity index (χ1) is 30.0. The molecule has 0 radical (unpaired) electrons. The van der Waals surface area contributed by atoms with Crippen LogP contribution in [0.4, 0.5) is 0 Å². The maximum absolute atomic E-state index is 12.8. The summed E-state index contributed by atoms with van der Waals surface area (Å²) in [6, 6.07) is 0. The van der Waals surface area contributed by atoms with Gasteiger partial charge >= 0.3 is 11.9 Å². The molecule has 0 aromatic carbocycles. The van der Waals surface area contributed by atoms with Crippen LogP contribution in [-0.4, -0.2) is 96.0 Å². The molecule has 0 aromatic rings. The number of ether oxygens (including phenoxy) is 4. The first kappa shape index (κ1) is 56.6. The van der Waals surface area contributed by atoms with E-state index in [1.165, 1.54) is 25.7 Å². The monoisotopic (exact) mass is 891 g/mol. The van der Waals surface area contributed by atoms with E-state index >= 15 is 0 Å². The van der Waals surface area contributed by atoms with Gasteiger partial charge in [0.15, 0.2) is 12.4 Å². The second kappa shape index (κ2) is 38.1. The van der Waals surface area contributed by atoms with Crippen molar-refractivity contribution in [2.24, 2.45) is 0 Å². The molecule has 12 nitrogen and oxygen atoms in total. The molecule has 2 unspecified atom stereocenters. The first-order valence-electron chi connectivity index (χ1n) is 22.8. The normalized spacial score (nSPS) is 20.8. The van der Waals surface area contributed by atoms with Crippen LogP contribution < -0.4 is 0 Å². The molecule has 1 aliphatic heterocycles. The number of aliphatic hydroxyl groups excluding tert-OH is 3. The van der Waals surface area contributed by atoms with Gasteiger partial charge in [0.1, 0.15) is 36.8 Å². The molecular weight excluding hydrogens is 813 g/mol. The highest BCUT2D eigenvalue weighted by Crippen LogP contribution is 2.24. The number of unbranched alkanes of at least 4 members (excludes halogenated alkanes) is 8. The molecule has 6 atom stereocenters. The summed E-state index contributed by atoms with van der Waals surface area (Å²) in [7, 11) is -4.62. The van der Waals surface area contributed by atoms with E-state index < -0.39 is 71.2 Å². The summed E-state index contributed by atoms with van der Waals surface area (Å²) in [6.45, 7) is 3.57. The highest BCUT2D eigenvalue weighted by atomic mass is 32.2. The molecule has 1 fully saturated rings. The zero-order valence-corrected chi connectivity index (χ0v) is 38.2. The number of aliphatic hydroxyl groups is 3. The van der Waals surface area contributed by atoms with Gasteiger partial charge < -0.3 is 34.3 Å². The SMILES string of the molecule is CCC/C=C/C/C=C/C/C=C/C/C=C/CCCCCC(=O)OC[C@H](CO[C@H]1O[C@H](CS(=O)(=O)O)[C@@H](O)C(O)C1O)OC(=O)CCC/C=C/C/C=C/C/C=C/C/C=C/CCCCC. The third-order valence-electron chi connectivity index (χ3n) is 9.62. The van der Waals surface area contributed by atoms with E-state index in [1.54, 1.807) is 0 Å². The number of allylic oxidation sites excluding steroid dienone is 16. The lowest BCUT2D eigenvalue weighted by Crippen LogP contribution is -2.60. The summed E-state index contributed by atoms with van der Waals surface area (Å²) in [6.07, 6.45) is 41.7. The quantitative estimate of drug-likeness (QED) is 0.0202. The van der Waals surface area contributed by atoms with Gasteiger partial charge in [-0.15, -0.1) is 0 Å². The molecule has 13 heteroatoms. The topological polar surface area (TPSA) is 186 Å². The van der Waals surface area contributed by atoms with Gasteiger partial charge in [-0.25, -0.2) is 0 Å². The molecule has 4 N–H and O–H groups in total.